The highest BCUT2D eigenvalue weighted by molar-refractivity contribution is 7.91. The summed E-state index contributed by atoms with van der Waals surface area (Å²) in [5, 5.41) is 0. The lowest BCUT2D eigenvalue weighted by molar-refractivity contribution is 0.0681. The van der Waals surface area contributed by atoms with Crippen LogP contribution in [0.15, 0.2) is 48.5 Å². The number of aryl methyl sites for hydroxylation is 1. The number of amides is 1. The summed E-state index contributed by atoms with van der Waals surface area (Å²) >= 11 is 0. The Morgan fingerprint density at radius 2 is 1.70 bits per heavy atom. The Morgan fingerprint density at radius 3 is 2.22 bits per heavy atom. The lowest BCUT2D eigenvalue weighted by Gasteiger charge is -2.28. The lowest BCUT2D eigenvalue weighted by Crippen LogP contribution is -2.40. The third-order valence-electron chi connectivity index (χ3n) is 5.03. The molecule has 0 aliphatic carbocycles. The van der Waals surface area contributed by atoms with Crippen molar-refractivity contribution >= 4 is 15.7 Å². The summed E-state index contributed by atoms with van der Waals surface area (Å²) in [7, 11) is -1.51. The number of carbonyl (C=O) groups is 1. The van der Waals surface area contributed by atoms with Crippen LogP contribution in [0.2, 0.25) is 0 Å². The van der Waals surface area contributed by atoms with Gasteiger partial charge in [0.1, 0.15) is 5.75 Å². The molecule has 1 fully saturated rings. The number of hydrogen-bond donors (Lipinski definition) is 0. The maximum absolute atomic E-state index is 13.2. The number of methoxy groups -OCH3 is 1. The van der Waals surface area contributed by atoms with Gasteiger partial charge < -0.3 is 9.64 Å². The van der Waals surface area contributed by atoms with E-state index in [4.69, 9.17) is 4.74 Å². The summed E-state index contributed by atoms with van der Waals surface area (Å²) in [5.74, 6) is 0.692. The molecule has 1 atom stereocenters. The molecule has 0 spiro atoms. The van der Waals surface area contributed by atoms with Gasteiger partial charge in [-0.2, -0.15) is 0 Å². The highest BCUT2D eigenvalue weighted by Crippen LogP contribution is 2.23. The average Bonchev–Trinajstić information content (AvgIpc) is 3.05. The Morgan fingerprint density at radius 1 is 1.07 bits per heavy atom. The fourth-order valence-corrected chi connectivity index (χ4v) is 5.10. The number of ether oxygens (including phenoxy) is 1. The zero-order valence-corrected chi connectivity index (χ0v) is 16.5. The summed E-state index contributed by atoms with van der Waals surface area (Å²) in [6, 6.07) is 14.8. The summed E-state index contributed by atoms with van der Waals surface area (Å²) in [6.07, 6.45) is 1.44. The highest BCUT2D eigenvalue weighted by Gasteiger charge is 2.35. The van der Waals surface area contributed by atoms with E-state index < -0.39 is 9.84 Å². The molecule has 0 saturated carbocycles. The van der Waals surface area contributed by atoms with Crippen molar-refractivity contribution in [2.45, 2.75) is 32.4 Å². The van der Waals surface area contributed by atoms with Crippen LogP contribution < -0.4 is 4.74 Å². The maximum Gasteiger partial charge on any atom is 0.254 e. The van der Waals surface area contributed by atoms with Gasteiger partial charge in [-0.25, -0.2) is 8.42 Å². The van der Waals surface area contributed by atoms with E-state index in [-0.39, 0.29) is 23.5 Å². The van der Waals surface area contributed by atoms with Crippen molar-refractivity contribution in [1.29, 1.82) is 0 Å². The van der Waals surface area contributed by atoms with Crippen molar-refractivity contribution in [3.8, 4) is 5.75 Å². The fraction of sp³-hybridized carbons (Fsp3) is 0.381. The van der Waals surface area contributed by atoms with Crippen LogP contribution in [-0.2, 0) is 22.8 Å². The van der Waals surface area contributed by atoms with Gasteiger partial charge in [0.2, 0.25) is 0 Å². The van der Waals surface area contributed by atoms with E-state index in [1.54, 1.807) is 36.3 Å². The summed E-state index contributed by atoms with van der Waals surface area (Å²) in [4.78, 5) is 14.9. The second-order valence-electron chi connectivity index (χ2n) is 6.89. The minimum absolute atomic E-state index is 0.0297. The Labute approximate surface area is 160 Å². The molecule has 1 aliphatic rings. The standard InChI is InChI=1S/C21H25NO4S/c1-3-16-4-6-17(7-5-16)14-22(19-12-13-27(24,25)15-19)21(23)18-8-10-20(26-2)11-9-18/h4-11,19H,3,12-15H2,1-2H3/t19-/m0/s1. The third kappa shape index (κ3) is 4.69. The van der Waals surface area contributed by atoms with E-state index in [0.29, 0.717) is 24.3 Å². The molecule has 0 radical (unpaired) electrons. The number of carbonyl (C=O) groups excluding carboxylic acids is 1. The summed E-state index contributed by atoms with van der Waals surface area (Å²) in [5.41, 5.74) is 2.76. The third-order valence-corrected chi connectivity index (χ3v) is 6.78. The van der Waals surface area contributed by atoms with Crippen molar-refractivity contribution < 1.29 is 17.9 Å². The average molecular weight is 388 g/mol. The van der Waals surface area contributed by atoms with Crippen LogP contribution in [0, 0.1) is 0 Å². The molecule has 2 aromatic rings. The van der Waals surface area contributed by atoms with Gasteiger partial charge in [-0.15, -0.1) is 0 Å². The molecular weight excluding hydrogens is 362 g/mol. The largest absolute Gasteiger partial charge is 0.497 e. The molecule has 27 heavy (non-hydrogen) atoms. The van der Waals surface area contributed by atoms with Gasteiger partial charge in [0.25, 0.3) is 5.91 Å². The number of sulfone groups is 1. The zero-order valence-electron chi connectivity index (χ0n) is 15.7. The van der Waals surface area contributed by atoms with E-state index in [2.05, 4.69) is 19.1 Å². The van der Waals surface area contributed by atoms with Crippen LogP contribution in [-0.4, -0.2) is 43.9 Å². The van der Waals surface area contributed by atoms with Crippen molar-refractivity contribution in [2.24, 2.45) is 0 Å². The van der Waals surface area contributed by atoms with Gasteiger partial charge in [-0.1, -0.05) is 31.2 Å². The van der Waals surface area contributed by atoms with Crippen LogP contribution in [0.3, 0.4) is 0 Å². The Kier molecular flexibility index (Phi) is 5.85. The molecule has 1 aliphatic heterocycles. The van der Waals surface area contributed by atoms with E-state index in [1.165, 1.54) is 5.56 Å². The summed E-state index contributed by atoms with van der Waals surface area (Å²) in [6.45, 7) is 2.49. The minimum Gasteiger partial charge on any atom is -0.497 e. The molecule has 3 rings (SSSR count). The van der Waals surface area contributed by atoms with Crippen LogP contribution in [0.5, 0.6) is 5.75 Å². The second-order valence-corrected chi connectivity index (χ2v) is 9.12. The van der Waals surface area contributed by atoms with Crippen LogP contribution in [0.4, 0.5) is 0 Å². The molecule has 1 heterocycles. The van der Waals surface area contributed by atoms with Gasteiger partial charge in [0.05, 0.1) is 18.6 Å². The second kappa shape index (κ2) is 8.13. The minimum atomic E-state index is -3.08. The smallest absolute Gasteiger partial charge is 0.254 e. The number of rotatable bonds is 6. The molecule has 0 bridgehead atoms. The first-order chi connectivity index (χ1) is 12.9. The predicted molar refractivity (Wildman–Crippen MR) is 106 cm³/mol. The van der Waals surface area contributed by atoms with Gasteiger partial charge in [0, 0.05) is 18.2 Å². The first-order valence-electron chi connectivity index (χ1n) is 9.15. The van der Waals surface area contributed by atoms with Gasteiger partial charge in [0.15, 0.2) is 9.84 Å². The molecular formula is C21H25NO4S. The van der Waals surface area contributed by atoms with Crippen LogP contribution >= 0.6 is 0 Å². The highest BCUT2D eigenvalue weighted by atomic mass is 32.2. The van der Waals surface area contributed by atoms with Crippen molar-refractivity contribution in [2.75, 3.05) is 18.6 Å². The first-order valence-corrected chi connectivity index (χ1v) is 11.0. The Hall–Kier alpha value is -2.34. The molecule has 0 N–H and O–H groups in total. The lowest BCUT2D eigenvalue weighted by atomic mass is 10.1. The van der Waals surface area contributed by atoms with Crippen molar-refractivity contribution in [3.63, 3.8) is 0 Å². The maximum atomic E-state index is 13.2. The number of hydrogen-bond acceptors (Lipinski definition) is 4. The normalized spacial score (nSPS) is 18.2. The molecule has 0 unspecified atom stereocenters. The van der Waals surface area contributed by atoms with Gasteiger partial charge >= 0.3 is 0 Å². The topological polar surface area (TPSA) is 63.7 Å². The monoisotopic (exact) mass is 387 g/mol. The van der Waals surface area contributed by atoms with Crippen LogP contribution in [0.25, 0.3) is 0 Å². The molecule has 5 nitrogen and oxygen atoms in total. The molecule has 0 aromatic heterocycles. The van der Waals surface area contributed by atoms with E-state index in [1.807, 2.05) is 12.1 Å². The Balaban J connectivity index is 1.87. The van der Waals surface area contributed by atoms with Gasteiger partial charge in [-0.3, -0.25) is 4.79 Å². The van der Waals surface area contributed by atoms with Crippen molar-refractivity contribution in [1.82, 2.24) is 4.90 Å². The predicted octanol–water partition coefficient (Wildman–Crippen LogP) is 3.09. The van der Waals surface area contributed by atoms with E-state index in [9.17, 15) is 13.2 Å². The Bertz CT molecular complexity index is 889. The molecule has 2 aromatic carbocycles. The molecule has 1 saturated heterocycles. The SMILES string of the molecule is CCc1ccc(CN(C(=O)c2ccc(OC)cc2)[C@H]2CCS(=O)(=O)C2)cc1. The molecule has 6 heteroatoms. The van der Waals surface area contributed by atoms with E-state index in [0.717, 1.165) is 12.0 Å². The first kappa shape index (κ1) is 19.4. The van der Waals surface area contributed by atoms with Crippen LogP contribution in [0.1, 0.15) is 34.8 Å². The van der Waals surface area contributed by atoms with Gasteiger partial charge in [-0.05, 0) is 48.2 Å². The van der Waals surface area contributed by atoms with E-state index >= 15 is 0 Å². The molecule has 144 valence electrons. The van der Waals surface area contributed by atoms with Crippen molar-refractivity contribution in [3.05, 3.63) is 65.2 Å². The number of nitrogens with zero attached hydrogens (tertiary/aromatic N) is 1. The number of benzene rings is 2. The fourth-order valence-electron chi connectivity index (χ4n) is 3.36. The quantitative estimate of drug-likeness (QED) is 0.764. The molecule has 1 amide bonds. The zero-order chi connectivity index (χ0) is 19.4. The summed E-state index contributed by atoms with van der Waals surface area (Å²) < 4.78 is 29.1.